The first-order valence-corrected chi connectivity index (χ1v) is 11.7. The summed E-state index contributed by atoms with van der Waals surface area (Å²) in [5.74, 6) is 0.467. The summed E-state index contributed by atoms with van der Waals surface area (Å²) in [6.07, 6.45) is -0.547. The first kappa shape index (κ1) is 26.8. The molecule has 8 nitrogen and oxygen atoms in total. The van der Waals surface area contributed by atoms with Crippen LogP contribution in [0.5, 0.6) is 5.75 Å². The number of nitrogens with one attached hydrogen (secondary N) is 1. The maximum absolute atomic E-state index is 13.2. The van der Waals surface area contributed by atoms with E-state index in [2.05, 4.69) is 31.2 Å². The van der Waals surface area contributed by atoms with Gasteiger partial charge in [0.05, 0.1) is 12.7 Å². The van der Waals surface area contributed by atoms with Crippen molar-refractivity contribution in [1.29, 1.82) is 0 Å². The fourth-order valence-electron chi connectivity index (χ4n) is 3.50. The van der Waals surface area contributed by atoms with E-state index >= 15 is 0 Å². The molecule has 3 aromatic rings. The van der Waals surface area contributed by atoms with Crippen molar-refractivity contribution < 1.29 is 23.6 Å². The minimum absolute atomic E-state index is 0.116. The fraction of sp³-hybridized carbons (Fsp3) is 0.393. The number of nitrogens with zero attached hydrogens (tertiary/aromatic N) is 2. The number of anilines is 2. The van der Waals surface area contributed by atoms with Gasteiger partial charge in [0, 0.05) is 24.4 Å². The molecule has 192 valence electrons. The number of ether oxygens (including phenoxy) is 2. The first-order valence-electron chi connectivity index (χ1n) is 11.7. The van der Waals surface area contributed by atoms with Crippen molar-refractivity contribution in [2.75, 3.05) is 24.4 Å². The third-order valence-electron chi connectivity index (χ3n) is 5.58. The zero-order valence-corrected chi connectivity index (χ0v) is 22.5. The quantitative estimate of drug-likeness (QED) is 0.431. The Morgan fingerprint density at radius 3 is 2.31 bits per heavy atom. The van der Waals surface area contributed by atoms with Crippen molar-refractivity contribution in [3.8, 4) is 17.0 Å². The summed E-state index contributed by atoms with van der Waals surface area (Å²) < 4.78 is 16.2. The Balaban J connectivity index is 1.86. The number of benzene rings is 2. The number of aromatic nitrogens is 1. The standard InChI is InChI=1S/C28H35N3O5/c1-17-10-12-19(29-25(32)21-14-18(27(2,3)4)11-13-23(21)34-9)15-20(17)22-16-24(36-30-22)31(8)26(33)35-28(5,6)7/h10-16H,1-9H3,(H,29,32). The molecule has 2 amide bonds. The van der Waals surface area contributed by atoms with Gasteiger partial charge in [-0.3, -0.25) is 4.79 Å². The van der Waals surface area contributed by atoms with Crippen LogP contribution in [0.1, 0.15) is 63.0 Å². The van der Waals surface area contributed by atoms with Gasteiger partial charge >= 0.3 is 6.09 Å². The summed E-state index contributed by atoms with van der Waals surface area (Å²) in [6, 6.07) is 12.8. The van der Waals surface area contributed by atoms with Crippen molar-refractivity contribution in [3.63, 3.8) is 0 Å². The summed E-state index contributed by atoms with van der Waals surface area (Å²) >= 11 is 0. The summed E-state index contributed by atoms with van der Waals surface area (Å²) in [4.78, 5) is 26.8. The Morgan fingerprint density at radius 2 is 1.69 bits per heavy atom. The van der Waals surface area contributed by atoms with Gasteiger partial charge in [0.2, 0.25) is 5.88 Å². The number of methoxy groups -OCH3 is 1. The Hall–Kier alpha value is -3.81. The second kappa shape index (κ2) is 10.0. The summed E-state index contributed by atoms with van der Waals surface area (Å²) in [6.45, 7) is 13.6. The highest BCUT2D eigenvalue weighted by Crippen LogP contribution is 2.31. The van der Waals surface area contributed by atoms with E-state index in [4.69, 9.17) is 14.0 Å². The molecule has 1 aromatic heterocycles. The van der Waals surface area contributed by atoms with E-state index in [-0.39, 0.29) is 17.2 Å². The Morgan fingerprint density at radius 1 is 1.00 bits per heavy atom. The van der Waals surface area contributed by atoms with Gasteiger partial charge in [0.1, 0.15) is 17.0 Å². The molecule has 0 radical (unpaired) electrons. The maximum atomic E-state index is 13.2. The molecular weight excluding hydrogens is 458 g/mol. The average molecular weight is 494 g/mol. The van der Waals surface area contributed by atoms with Crippen LogP contribution in [0.25, 0.3) is 11.3 Å². The van der Waals surface area contributed by atoms with E-state index in [1.807, 2.05) is 43.3 Å². The van der Waals surface area contributed by atoms with Crippen LogP contribution in [-0.4, -0.2) is 36.9 Å². The molecule has 0 unspecified atom stereocenters. The fourth-order valence-corrected chi connectivity index (χ4v) is 3.50. The third-order valence-corrected chi connectivity index (χ3v) is 5.58. The monoisotopic (exact) mass is 493 g/mol. The highest BCUT2D eigenvalue weighted by atomic mass is 16.6. The summed E-state index contributed by atoms with van der Waals surface area (Å²) in [7, 11) is 3.10. The van der Waals surface area contributed by atoms with Crippen LogP contribution >= 0.6 is 0 Å². The number of hydrogen-bond donors (Lipinski definition) is 1. The van der Waals surface area contributed by atoms with Gasteiger partial charge in [-0.2, -0.15) is 0 Å². The van der Waals surface area contributed by atoms with Crippen molar-refractivity contribution >= 4 is 23.6 Å². The second-order valence-corrected chi connectivity index (χ2v) is 10.7. The minimum atomic E-state index is -0.633. The Kier molecular flexibility index (Phi) is 7.48. The number of carbonyl (C=O) groups excluding carboxylic acids is 2. The van der Waals surface area contributed by atoms with E-state index in [0.29, 0.717) is 22.7 Å². The van der Waals surface area contributed by atoms with Crippen LogP contribution in [0, 0.1) is 6.92 Å². The van der Waals surface area contributed by atoms with Gasteiger partial charge in [-0.1, -0.05) is 38.1 Å². The third kappa shape index (κ3) is 6.24. The lowest BCUT2D eigenvalue weighted by atomic mass is 9.86. The molecular formula is C28H35N3O5. The predicted molar refractivity (Wildman–Crippen MR) is 141 cm³/mol. The minimum Gasteiger partial charge on any atom is -0.496 e. The van der Waals surface area contributed by atoms with Crippen LogP contribution < -0.4 is 15.0 Å². The van der Waals surface area contributed by atoms with Gasteiger partial charge in [-0.05, 0) is 68.5 Å². The smallest absolute Gasteiger partial charge is 0.416 e. The molecule has 1 N–H and O–H groups in total. The first-order chi connectivity index (χ1) is 16.7. The second-order valence-electron chi connectivity index (χ2n) is 10.7. The maximum Gasteiger partial charge on any atom is 0.416 e. The molecule has 0 aliphatic rings. The molecule has 36 heavy (non-hydrogen) atoms. The van der Waals surface area contributed by atoms with Crippen molar-refractivity contribution in [2.24, 2.45) is 0 Å². The summed E-state index contributed by atoms with van der Waals surface area (Å²) in [5, 5.41) is 7.10. The molecule has 1 heterocycles. The van der Waals surface area contributed by atoms with Crippen LogP contribution in [0.2, 0.25) is 0 Å². The number of aryl methyl sites for hydroxylation is 1. The lowest BCUT2D eigenvalue weighted by molar-refractivity contribution is 0.0582. The number of amides is 2. The Labute approximate surface area is 212 Å². The topological polar surface area (TPSA) is 93.9 Å². The van der Waals surface area contributed by atoms with Crippen molar-refractivity contribution in [3.05, 3.63) is 59.2 Å². The molecule has 0 aliphatic heterocycles. The molecule has 0 atom stereocenters. The lowest BCUT2D eigenvalue weighted by Crippen LogP contribution is -2.33. The summed E-state index contributed by atoms with van der Waals surface area (Å²) in [5.41, 5.74) is 3.55. The van der Waals surface area contributed by atoms with E-state index < -0.39 is 11.7 Å². The molecule has 0 aliphatic carbocycles. The van der Waals surface area contributed by atoms with Crippen LogP contribution in [-0.2, 0) is 10.2 Å². The van der Waals surface area contributed by atoms with Gasteiger partial charge in [0.25, 0.3) is 5.91 Å². The zero-order chi connectivity index (χ0) is 26.8. The molecule has 0 saturated heterocycles. The van der Waals surface area contributed by atoms with Gasteiger partial charge < -0.3 is 19.3 Å². The highest BCUT2D eigenvalue weighted by molar-refractivity contribution is 6.06. The van der Waals surface area contributed by atoms with E-state index in [9.17, 15) is 9.59 Å². The van der Waals surface area contributed by atoms with Crippen molar-refractivity contribution in [1.82, 2.24) is 5.16 Å². The molecule has 3 rings (SSSR count). The molecule has 0 bridgehead atoms. The van der Waals surface area contributed by atoms with Crippen LogP contribution in [0.4, 0.5) is 16.4 Å². The van der Waals surface area contributed by atoms with Crippen LogP contribution in [0.15, 0.2) is 47.0 Å². The lowest BCUT2D eigenvalue weighted by Gasteiger charge is -2.22. The zero-order valence-electron chi connectivity index (χ0n) is 22.5. The Bertz CT molecular complexity index is 1260. The predicted octanol–water partition coefficient (Wildman–Crippen LogP) is 6.58. The number of carbonyl (C=O) groups is 2. The normalized spacial score (nSPS) is 11.7. The van der Waals surface area contributed by atoms with E-state index in [1.54, 1.807) is 41.0 Å². The largest absolute Gasteiger partial charge is 0.496 e. The highest BCUT2D eigenvalue weighted by Gasteiger charge is 2.24. The van der Waals surface area contributed by atoms with Crippen LogP contribution in [0.3, 0.4) is 0 Å². The molecule has 2 aromatic carbocycles. The molecule has 0 saturated carbocycles. The van der Waals surface area contributed by atoms with E-state index in [0.717, 1.165) is 16.7 Å². The molecule has 0 spiro atoms. The number of hydrogen-bond acceptors (Lipinski definition) is 6. The van der Waals surface area contributed by atoms with Gasteiger partial charge in [-0.25, -0.2) is 9.69 Å². The molecule has 0 fully saturated rings. The van der Waals surface area contributed by atoms with Gasteiger partial charge in [0.15, 0.2) is 0 Å². The average Bonchev–Trinajstić information content (AvgIpc) is 3.27. The van der Waals surface area contributed by atoms with Gasteiger partial charge in [-0.15, -0.1) is 0 Å². The van der Waals surface area contributed by atoms with E-state index in [1.165, 1.54) is 4.90 Å². The van der Waals surface area contributed by atoms with Crippen molar-refractivity contribution in [2.45, 2.75) is 59.5 Å². The molecule has 8 heteroatoms. The SMILES string of the molecule is COc1ccc(C(C)(C)C)cc1C(=O)Nc1ccc(C)c(-c2cc(N(C)C(=O)OC(C)(C)C)on2)c1. The number of rotatable bonds is 5.